The van der Waals surface area contributed by atoms with Crippen LogP contribution in [-0.2, 0) is 0 Å². The fourth-order valence-electron chi connectivity index (χ4n) is 2.81. The van der Waals surface area contributed by atoms with Crippen molar-refractivity contribution in [2.75, 3.05) is 0 Å². The van der Waals surface area contributed by atoms with E-state index in [9.17, 15) is 0 Å². The second-order valence-electron chi connectivity index (χ2n) is 5.89. The van der Waals surface area contributed by atoms with Gasteiger partial charge in [-0.15, -0.1) is 11.3 Å². The van der Waals surface area contributed by atoms with Gasteiger partial charge in [0.25, 0.3) is 0 Å². The molecule has 1 aromatic carbocycles. The van der Waals surface area contributed by atoms with E-state index < -0.39 is 8.22 Å². The van der Waals surface area contributed by atoms with Crippen molar-refractivity contribution in [3.8, 4) is 0 Å². The van der Waals surface area contributed by atoms with Crippen LogP contribution in [-0.4, -0.2) is 24.1 Å². The summed E-state index contributed by atoms with van der Waals surface area (Å²) < 4.78 is 6.43. The highest BCUT2D eigenvalue weighted by Gasteiger charge is 2.26. The van der Waals surface area contributed by atoms with Crippen molar-refractivity contribution in [2.24, 2.45) is 0 Å². The van der Waals surface area contributed by atoms with Crippen LogP contribution in [0.25, 0.3) is 10.2 Å². The molecule has 122 valence electrons. The number of thiazole rings is 1. The van der Waals surface area contributed by atoms with E-state index in [1.807, 2.05) is 19.9 Å². The summed E-state index contributed by atoms with van der Waals surface area (Å²) in [6, 6.07) is 12.5. The molecule has 0 aliphatic rings. The van der Waals surface area contributed by atoms with Crippen LogP contribution in [0.3, 0.4) is 0 Å². The SMILES string of the molecule is Cc1cc(C)n(P(c2nc3ccccc3s2)n2nc(C)cc2C)n1. The number of nitrogens with zero attached hydrogens (tertiary/aromatic N) is 5. The van der Waals surface area contributed by atoms with E-state index in [2.05, 4.69) is 53.1 Å². The van der Waals surface area contributed by atoms with Gasteiger partial charge in [0, 0.05) is 11.4 Å². The maximum atomic E-state index is 4.89. The molecule has 24 heavy (non-hydrogen) atoms. The van der Waals surface area contributed by atoms with Gasteiger partial charge in [0.05, 0.1) is 21.6 Å². The molecule has 0 unspecified atom stereocenters. The smallest absolute Gasteiger partial charge is 0.201 e. The van der Waals surface area contributed by atoms with Gasteiger partial charge in [-0.3, -0.25) is 0 Å². The minimum absolute atomic E-state index is 0.974. The second-order valence-corrected chi connectivity index (χ2v) is 8.98. The van der Waals surface area contributed by atoms with E-state index in [0.717, 1.165) is 33.0 Å². The molecule has 3 aromatic heterocycles. The third-order valence-electron chi connectivity index (χ3n) is 3.78. The number of hydrogen-bond acceptors (Lipinski definition) is 4. The summed E-state index contributed by atoms with van der Waals surface area (Å²) in [6.45, 7) is 8.23. The minimum atomic E-state index is -0.974. The zero-order valence-corrected chi connectivity index (χ0v) is 15.8. The van der Waals surface area contributed by atoms with Crippen molar-refractivity contribution in [3.63, 3.8) is 0 Å². The number of rotatable bonds is 3. The van der Waals surface area contributed by atoms with E-state index in [1.165, 1.54) is 4.70 Å². The molecule has 0 radical (unpaired) electrons. The largest absolute Gasteiger partial charge is 0.232 e. The van der Waals surface area contributed by atoms with Crippen LogP contribution >= 0.6 is 19.6 Å². The number of hydrogen-bond donors (Lipinski definition) is 0. The van der Waals surface area contributed by atoms with Gasteiger partial charge in [-0.1, -0.05) is 12.1 Å². The first-order valence-corrected chi connectivity index (χ1v) is 9.82. The molecule has 4 rings (SSSR count). The number of fused-ring (bicyclic) bond motifs is 1. The van der Waals surface area contributed by atoms with Gasteiger partial charge in [-0.2, -0.15) is 10.2 Å². The standard InChI is InChI=1S/C17H18N5PS/c1-11-9-13(3)21(19-11)23(22-14(4)10-12(2)20-22)17-18-15-7-5-6-8-16(15)24-17/h5-10H,1-4H3. The summed E-state index contributed by atoms with van der Waals surface area (Å²) in [5.41, 5.74) is 5.33. The topological polar surface area (TPSA) is 48.5 Å². The Morgan fingerprint density at radius 3 is 1.96 bits per heavy atom. The first kappa shape index (κ1) is 15.5. The second kappa shape index (κ2) is 5.80. The van der Waals surface area contributed by atoms with Crippen molar-refractivity contribution in [1.82, 2.24) is 24.1 Å². The number of benzene rings is 1. The highest BCUT2D eigenvalue weighted by atomic mass is 32.1. The third kappa shape index (κ3) is 2.56. The van der Waals surface area contributed by atoms with Crippen molar-refractivity contribution in [1.29, 1.82) is 0 Å². The zero-order valence-electron chi connectivity index (χ0n) is 14.1. The van der Waals surface area contributed by atoms with Gasteiger partial charge in [0.1, 0.15) is 0 Å². The lowest BCUT2D eigenvalue weighted by Crippen LogP contribution is -2.16. The number of para-hydroxylation sites is 1. The van der Waals surface area contributed by atoms with E-state index in [-0.39, 0.29) is 0 Å². The summed E-state index contributed by atoms with van der Waals surface area (Å²) in [5, 5.41) is 9.47. The first-order chi connectivity index (χ1) is 11.5. The predicted octanol–water partition coefficient (Wildman–Crippen LogP) is 3.96. The van der Waals surface area contributed by atoms with Crippen molar-refractivity contribution < 1.29 is 0 Å². The lowest BCUT2D eigenvalue weighted by molar-refractivity contribution is 0.860. The van der Waals surface area contributed by atoms with Gasteiger partial charge in [0.2, 0.25) is 8.22 Å². The van der Waals surface area contributed by atoms with Crippen LogP contribution in [0.4, 0.5) is 0 Å². The van der Waals surface area contributed by atoms with Gasteiger partial charge in [0.15, 0.2) is 4.75 Å². The van der Waals surface area contributed by atoms with Crippen LogP contribution in [0.2, 0.25) is 0 Å². The molecule has 5 nitrogen and oxygen atoms in total. The molecule has 0 N–H and O–H groups in total. The quantitative estimate of drug-likeness (QED) is 0.523. The van der Waals surface area contributed by atoms with Gasteiger partial charge >= 0.3 is 0 Å². The Kier molecular flexibility index (Phi) is 3.74. The lowest BCUT2D eigenvalue weighted by Gasteiger charge is -2.18. The van der Waals surface area contributed by atoms with Crippen LogP contribution < -0.4 is 4.75 Å². The maximum absolute atomic E-state index is 4.89. The summed E-state index contributed by atoms with van der Waals surface area (Å²) in [6.07, 6.45) is 0. The molecule has 0 aliphatic carbocycles. The number of aryl methyl sites for hydroxylation is 4. The van der Waals surface area contributed by atoms with Crippen LogP contribution in [0.5, 0.6) is 0 Å². The average molecular weight is 355 g/mol. The third-order valence-corrected chi connectivity index (χ3v) is 7.36. The predicted molar refractivity (Wildman–Crippen MR) is 100 cm³/mol. The molecular formula is C17H18N5PS. The lowest BCUT2D eigenvalue weighted by atomic mass is 10.3. The number of aromatic nitrogens is 5. The summed E-state index contributed by atoms with van der Waals surface area (Å²) in [4.78, 5) is 4.89. The molecule has 0 amide bonds. The van der Waals surface area contributed by atoms with E-state index in [4.69, 9.17) is 15.2 Å². The van der Waals surface area contributed by atoms with Crippen LogP contribution in [0, 0.1) is 27.7 Å². The Labute approximate surface area is 145 Å². The van der Waals surface area contributed by atoms with Gasteiger partial charge in [-0.25, -0.2) is 13.9 Å². The molecule has 0 fully saturated rings. The Morgan fingerprint density at radius 2 is 1.46 bits per heavy atom. The van der Waals surface area contributed by atoms with E-state index in [1.54, 1.807) is 11.3 Å². The molecular weight excluding hydrogens is 337 g/mol. The first-order valence-electron chi connectivity index (χ1n) is 7.76. The molecule has 7 heteroatoms. The summed E-state index contributed by atoms with van der Waals surface area (Å²) in [7, 11) is -0.974. The Bertz CT molecular complexity index is 950. The average Bonchev–Trinajstić information content (AvgIpc) is 3.18. The maximum Gasteiger partial charge on any atom is 0.201 e. The highest BCUT2D eigenvalue weighted by Crippen LogP contribution is 2.41. The fraction of sp³-hybridized carbons (Fsp3) is 0.235. The fourth-order valence-corrected chi connectivity index (χ4v) is 6.44. The zero-order chi connectivity index (χ0) is 16.8. The van der Waals surface area contributed by atoms with Crippen molar-refractivity contribution in [3.05, 3.63) is 59.2 Å². The molecule has 0 atom stereocenters. The van der Waals surface area contributed by atoms with Gasteiger partial charge in [-0.05, 0) is 52.0 Å². The van der Waals surface area contributed by atoms with Crippen LogP contribution in [0.1, 0.15) is 22.8 Å². The van der Waals surface area contributed by atoms with Gasteiger partial charge < -0.3 is 0 Å². The molecule has 0 saturated carbocycles. The Hall–Kier alpha value is -2.04. The van der Waals surface area contributed by atoms with Crippen LogP contribution in [0.15, 0.2) is 36.4 Å². The van der Waals surface area contributed by atoms with E-state index in [0.29, 0.717) is 0 Å². The van der Waals surface area contributed by atoms with Crippen molar-refractivity contribution >= 4 is 34.5 Å². The van der Waals surface area contributed by atoms with E-state index >= 15 is 0 Å². The van der Waals surface area contributed by atoms with Crippen molar-refractivity contribution in [2.45, 2.75) is 27.7 Å². The normalized spacial score (nSPS) is 11.7. The molecule has 0 aliphatic heterocycles. The molecule has 0 spiro atoms. The summed E-state index contributed by atoms with van der Waals surface area (Å²) in [5.74, 6) is 0. The monoisotopic (exact) mass is 355 g/mol. The Balaban J connectivity index is 1.96. The molecule has 3 heterocycles. The minimum Gasteiger partial charge on any atom is -0.232 e. The molecule has 0 saturated heterocycles. The Morgan fingerprint density at radius 1 is 0.875 bits per heavy atom. The molecule has 0 bridgehead atoms. The molecule has 4 aromatic rings. The highest BCUT2D eigenvalue weighted by molar-refractivity contribution is 7.69. The summed E-state index contributed by atoms with van der Waals surface area (Å²) >= 11 is 1.73.